The Kier molecular flexibility index (Phi) is 6.34. The highest BCUT2D eigenvalue weighted by molar-refractivity contribution is 5.76. The van der Waals surface area contributed by atoms with Crippen molar-refractivity contribution in [2.45, 2.75) is 32.0 Å². The fourth-order valence-corrected chi connectivity index (χ4v) is 3.59. The summed E-state index contributed by atoms with van der Waals surface area (Å²) in [5, 5.41) is 5.55. The van der Waals surface area contributed by atoms with Crippen LogP contribution in [-0.2, 0) is 17.9 Å². The van der Waals surface area contributed by atoms with Gasteiger partial charge in [0.2, 0.25) is 11.9 Å². The third-order valence-corrected chi connectivity index (χ3v) is 5.36. The molecule has 34 heavy (non-hydrogen) atoms. The summed E-state index contributed by atoms with van der Waals surface area (Å²) in [6.07, 6.45) is 1.99. The summed E-state index contributed by atoms with van der Waals surface area (Å²) in [6, 6.07) is 4.03. The first kappa shape index (κ1) is 23.0. The summed E-state index contributed by atoms with van der Waals surface area (Å²) < 4.78 is 42.6. The van der Waals surface area contributed by atoms with Crippen molar-refractivity contribution in [2.24, 2.45) is 0 Å². The van der Waals surface area contributed by atoms with E-state index in [1.807, 2.05) is 0 Å². The minimum absolute atomic E-state index is 0.0944. The number of aromatic amines is 1. The number of rotatable bonds is 6. The van der Waals surface area contributed by atoms with Crippen molar-refractivity contribution in [1.82, 2.24) is 24.4 Å². The van der Waals surface area contributed by atoms with Gasteiger partial charge in [0, 0.05) is 30.8 Å². The quantitative estimate of drug-likeness (QED) is 0.439. The second kappa shape index (κ2) is 9.37. The van der Waals surface area contributed by atoms with Crippen LogP contribution in [0, 0.1) is 17.5 Å². The van der Waals surface area contributed by atoms with Crippen LogP contribution in [0.25, 0.3) is 0 Å². The van der Waals surface area contributed by atoms with Crippen molar-refractivity contribution in [3.05, 3.63) is 90.4 Å². The predicted octanol–water partition coefficient (Wildman–Crippen LogP) is 0.298. The topological polar surface area (TPSA) is 131 Å². The minimum Gasteiger partial charge on any atom is -0.354 e. The lowest BCUT2D eigenvalue weighted by Crippen LogP contribution is -2.47. The number of pyridine rings is 1. The molecule has 1 amide bonds. The fraction of sp³-hybridized carbons (Fsp3) is 0.286. The molecule has 1 aliphatic rings. The average Bonchev–Trinajstić information content (AvgIpc) is 2.80. The molecular weight excluding hydrogens is 457 g/mol. The Morgan fingerprint density at radius 1 is 1.06 bits per heavy atom. The van der Waals surface area contributed by atoms with Gasteiger partial charge in [0.15, 0.2) is 17.5 Å². The van der Waals surface area contributed by atoms with Gasteiger partial charge in [-0.3, -0.25) is 14.2 Å². The summed E-state index contributed by atoms with van der Waals surface area (Å²) in [7, 11) is 0. The first-order chi connectivity index (χ1) is 16.2. The van der Waals surface area contributed by atoms with Crippen LogP contribution in [0.5, 0.6) is 0 Å². The number of amides is 1. The molecule has 3 aromatic rings. The predicted molar refractivity (Wildman–Crippen MR) is 114 cm³/mol. The molecule has 3 N–H and O–H groups in total. The Morgan fingerprint density at radius 3 is 2.44 bits per heavy atom. The highest BCUT2D eigenvalue weighted by Crippen LogP contribution is 2.16. The molecule has 178 valence electrons. The van der Waals surface area contributed by atoms with E-state index in [2.05, 4.69) is 20.6 Å². The lowest BCUT2D eigenvalue weighted by atomic mass is 10.1. The number of nitrogens with one attached hydrogen (secondary N) is 3. The Morgan fingerprint density at radius 2 is 1.79 bits per heavy atom. The van der Waals surface area contributed by atoms with Gasteiger partial charge in [-0.05, 0) is 30.2 Å². The number of carbonyl (C=O) groups is 1. The van der Waals surface area contributed by atoms with Gasteiger partial charge in [0.1, 0.15) is 0 Å². The van der Waals surface area contributed by atoms with Gasteiger partial charge >= 0.3 is 11.4 Å². The molecule has 1 aromatic carbocycles. The number of hydrogen-bond donors (Lipinski definition) is 3. The third kappa shape index (κ3) is 4.77. The largest absolute Gasteiger partial charge is 0.355 e. The molecule has 0 saturated carbocycles. The molecule has 0 spiro atoms. The summed E-state index contributed by atoms with van der Waals surface area (Å²) in [5.74, 6) is -4.88. The number of hydrogen-bond acceptors (Lipinski definition) is 6. The lowest BCUT2D eigenvalue weighted by molar-refractivity contribution is -0.122. The summed E-state index contributed by atoms with van der Waals surface area (Å²) in [6.45, 7) is -0.642. The SMILES string of the molecule is O=C1CCC(Nc2nc(=O)n(Cc3ccc[nH]c3=O)c(=O)n2Cc2cc(F)c(F)c(F)c2)CN1. The van der Waals surface area contributed by atoms with Crippen molar-refractivity contribution >= 4 is 11.9 Å². The van der Waals surface area contributed by atoms with Crippen molar-refractivity contribution in [2.75, 3.05) is 11.9 Å². The van der Waals surface area contributed by atoms with E-state index in [1.165, 1.54) is 18.3 Å². The van der Waals surface area contributed by atoms with Crippen LogP contribution in [0.3, 0.4) is 0 Å². The number of halogens is 3. The Bertz CT molecular complexity index is 1400. The molecule has 10 nitrogen and oxygen atoms in total. The molecule has 1 unspecified atom stereocenters. The number of nitrogens with zero attached hydrogens (tertiary/aromatic N) is 3. The van der Waals surface area contributed by atoms with Crippen LogP contribution in [-0.4, -0.2) is 37.6 Å². The van der Waals surface area contributed by atoms with Gasteiger partial charge in [0.25, 0.3) is 5.56 Å². The number of benzene rings is 1. The number of aromatic nitrogens is 4. The molecule has 0 radical (unpaired) electrons. The number of piperidine rings is 1. The molecular formula is C21H19F3N6O4. The minimum atomic E-state index is -1.65. The number of anilines is 1. The van der Waals surface area contributed by atoms with Crippen LogP contribution >= 0.6 is 0 Å². The van der Waals surface area contributed by atoms with Crippen molar-refractivity contribution in [1.29, 1.82) is 0 Å². The van der Waals surface area contributed by atoms with E-state index in [-0.39, 0.29) is 42.0 Å². The van der Waals surface area contributed by atoms with Crippen LogP contribution in [0.4, 0.5) is 19.1 Å². The Balaban J connectivity index is 1.78. The average molecular weight is 476 g/mol. The monoisotopic (exact) mass is 476 g/mol. The summed E-state index contributed by atoms with van der Waals surface area (Å²) in [4.78, 5) is 55.7. The van der Waals surface area contributed by atoms with Crippen molar-refractivity contribution in [3.63, 3.8) is 0 Å². The van der Waals surface area contributed by atoms with Crippen molar-refractivity contribution < 1.29 is 18.0 Å². The van der Waals surface area contributed by atoms with Gasteiger partial charge in [-0.15, -0.1) is 0 Å². The summed E-state index contributed by atoms with van der Waals surface area (Å²) in [5.41, 5.74) is -2.35. The number of H-pyrrole nitrogens is 1. The molecule has 2 aromatic heterocycles. The Labute approximate surface area is 189 Å². The van der Waals surface area contributed by atoms with E-state index in [0.29, 0.717) is 11.0 Å². The zero-order valence-corrected chi connectivity index (χ0v) is 17.6. The van der Waals surface area contributed by atoms with Crippen LogP contribution < -0.4 is 27.6 Å². The second-order valence-electron chi connectivity index (χ2n) is 7.75. The highest BCUT2D eigenvalue weighted by Gasteiger charge is 2.22. The molecule has 13 heteroatoms. The number of carbonyl (C=O) groups excluding carboxylic acids is 1. The van der Waals surface area contributed by atoms with E-state index in [0.717, 1.165) is 16.7 Å². The van der Waals surface area contributed by atoms with Crippen molar-refractivity contribution in [3.8, 4) is 0 Å². The van der Waals surface area contributed by atoms with Crippen LogP contribution in [0.15, 0.2) is 44.8 Å². The van der Waals surface area contributed by atoms with E-state index in [9.17, 15) is 32.3 Å². The maximum atomic E-state index is 13.8. The lowest BCUT2D eigenvalue weighted by Gasteiger charge is -2.25. The maximum absolute atomic E-state index is 13.8. The van der Waals surface area contributed by atoms with E-state index < -0.39 is 47.5 Å². The molecule has 0 aliphatic carbocycles. The molecule has 4 rings (SSSR count). The highest BCUT2D eigenvalue weighted by atomic mass is 19.2. The molecule has 1 aliphatic heterocycles. The van der Waals surface area contributed by atoms with Gasteiger partial charge < -0.3 is 15.6 Å². The van der Waals surface area contributed by atoms with Gasteiger partial charge in [0.05, 0.1) is 13.1 Å². The van der Waals surface area contributed by atoms with Crippen LogP contribution in [0.2, 0.25) is 0 Å². The van der Waals surface area contributed by atoms with Gasteiger partial charge in [-0.25, -0.2) is 27.3 Å². The zero-order chi connectivity index (χ0) is 24.4. The first-order valence-electron chi connectivity index (χ1n) is 10.3. The second-order valence-corrected chi connectivity index (χ2v) is 7.75. The van der Waals surface area contributed by atoms with Gasteiger partial charge in [-0.2, -0.15) is 4.98 Å². The van der Waals surface area contributed by atoms with Crippen LogP contribution in [0.1, 0.15) is 24.0 Å². The zero-order valence-electron chi connectivity index (χ0n) is 17.6. The molecule has 3 heterocycles. The third-order valence-electron chi connectivity index (χ3n) is 5.36. The molecule has 1 atom stereocenters. The Hall–Kier alpha value is -4.16. The maximum Gasteiger partial charge on any atom is 0.355 e. The van der Waals surface area contributed by atoms with E-state index in [4.69, 9.17) is 0 Å². The van der Waals surface area contributed by atoms with E-state index in [1.54, 1.807) is 0 Å². The molecule has 0 bridgehead atoms. The van der Waals surface area contributed by atoms with Gasteiger partial charge in [-0.1, -0.05) is 6.07 Å². The molecule has 1 saturated heterocycles. The smallest absolute Gasteiger partial charge is 0.354 e. The fourth-order valence-electron chi connectivity index (χ4n) is 3.59. The molecule has 1 fully saturated rings. The standard InChI is InChI=1S/C21H19F3N6O4/c22-14-6-11(7-15(23)17(14)24)9-29-19(27-13-3-4-16(31)26-8-13)28-20(33)30(21(29)34)10-12-2-1-5-25-18(12)32/h1-2,5-7,13H,3-4,8-10H2,(H,25,32)(H,26,31)(H,27,28,33). The normalized spacial score (nSPS) is 15.7. The summed E-state index contributed by atoms with van der Waals surface area (Å²) >= 11 is 0. The first-order valence-corrected chi connectivity index (χ1v) is 10.3. The van der Waals surface area contributed by atoms with E-state index >= 15 is 0 Å².